The van der Waals surface area contributed by atoms with Crippen molar-refractivity contribution in [2.45, 2.75) is 6.92 Å². The van der Waals surface area contributed by atoms with Crippen LogP contribution in [0.4, 0.5) is 15.9 Å². The van der Waals surface area contributed by atoms with Crippen molar-refractivity contribution < 1.29 is 9.13 Å². The molecule has 0 saturated carbocycles. The van der Waals surface area contributed by atoms with Crippen LogP contribution < -0.4 is 14.5 Å². The molecule has 0 spiro atoms. The Bertz CT molecular complexity index is 656. The van der Waals surface area contributed by atoms with Gasteiger partial charge in [0.15, 0.2) is 11.6 Å². The van der Waals surface area contributed by atoms with Crippen LogP contribution in [0.5, 0.6) is 5.75 Å². The summed E-state index contributed by atoms with van der Waals surface area (Å²) in [6.07, 6.45) is 1.42. The number of benzene rings is 1. The van der Waals surface area contributed by atoms with E-state index in [0.717, 1.165) is 37.6 Å². The molecule has 0 bridgehead atoms. The molecule has 0 N–H and O–H groups in total. The third-order valence-corrected chi connectivity index (χ3v) is 3.94. The van der Waals surface area contributed by atoms with Gasteiger partial charge in [0.2, 0.25) is 0 Å². The SMILES string of the molecule is COc1cccc(N2CCN(c3ncnc(C)c3F)CC2)c1. The minimum absolute atomic E-state index is 0.322. The Morgan fingerprint density at radius 3 is 2.55 bits per heavy atom. The predicted octanol–water partition coefficient (Wildman–Crippen LogP) is 2.26. The third kappa shape index (κ3) is 2.81. The number of halogens is 1. The Hall–Kier alpha value is -2.37. The highest BCUT2D eigenvalue weighted by molar-refractivity contribution is 5.53. The minimum Gasteiger partial charge on any atom is -0.497 e. The fourth-order valence-electron chi connectivity index (χ4n) is 2.65. The number of piperazine rings is 1. The number of rotatable bonds is 3. The molecule has 1 aromatic carbocycles. The van der Waals surface area contributed by atoms with Gasteiger partial charge in [0, 0.05) is 37.9 Å². The molecule has 0 atom stereocenters. The second-order valence-corrected chi connectivity index (χ2v) is 5.27. The van der Waals surface area contributed by atoms with Crippen LogP contribution in [0.2, 0.25) is 0 Å². The van der Waals surface area contributed by atoms with E-state index in [4.69, 9.17) is 4.74 Å². The quantitative estimate of drug-likeness (QED) is 0.870. The second-order valence-electron chi connectivity index (χ2n) is 5.27. The average Bonchev–Trinajstić information content (AvgIpc) is 2.58. The van der Waals surface area contributed by atoms with Gasteiger partial charge in [-0.2, -0.15) is 0 Å². The molecule has 1 aromatic heterocycles. The van der Waals surface area contributed by atoms with Gasteiger partial charge in [-0.3, -0.25) is 0 Å². The molecule has 0 amide bonds. The lowest BCUT2D eigenvalue weighted by Crippen LogP contribution is -2.47. The molecular formula is C16H19FN4O. The number of aryl methyl sites for hydroxylation is 1. The zero-order chi connectivity index (χ0) is 15.5. The van der Waals surface area contributed by atoms with Crippen molar-refractivity contribution in [1.82, 2.24) is 9.97 Å². The number of nitrogens with zero attached hydrogens (tertiary/aromatic N) is 4. The van der Waals surface area contributed by atoms with Crippen LogP contribution in [0, 0.1) is 12.7 Å². The molecule has 1 aliphatic rings. The first-order valence-electron chi connectivity index (χ1n) is 7.30. The summed E-state index contributed by atoms with van der Waals surface area (Å²) in [5, 5.41) is 0. The number of hydrogen-bond donors (Lipinski definition) is 0. The predicted molar refractivity (Wildman–Crippen MR) is 84.1 cm³/mol. The van der Waals surface area contributed by atoms with Gasteiger partial charge >= 0.3 is 0 Å². The van der Waals surface area contributed by atoms with Crippen LogP contribution in [-0.2, 0) is 0 Å². The molecule has 3 rings (SSSR count). The van der Waals surface area contributed by atoms with Crippen molar-refractivity contribution in [2.24, 2.45) is 0 Å². The van der Waals surface area contributed by atoms with Gasteiger partial charge in [-0.1, -0.05) is 6.07 Å². The van der Waals surface area contributed by atoms with E-state index >= 15 is 0 Å². The largest absolute Gasteiger partial charge is 0.497 e. The molecule has 2 aromatic rings. The van der Waals surface area contributed by atoms with Crippen LogP contribution >= 0.6 is 0 Å². The molecule has 22 heavy (non-hydrogen) atoms. The highest BCUT2D eigenvalue weighted by Crippen LogP contribution is 2.24. The highest BCUT2D eigenvalue weighted by Gasteiger charge is 2.21. The summed E-state index contributed by atoms with van der Waals surface area (Å²) in [6, 6.07) is 7.99. The molecule has 5 nitrogen and oxygen atoms in total. The summed E-state index contributed by atoms with van der Waals surface area (Å²) in [6.45, 7) is 4.74. The summed E-state index contributed by atoms with van der Waals surface area (Å²) < 4.78 is 19.4. The fourth-order valence-corrected chi connectivity index (χ4v) is 2.65. The van der Waals surface area contributed by atoms with Crippen molar-refractivity contribution in [3.63, 3.8) is 0 Å². The first-order valence-corrected chi connectivity index (χ1v) is 7.30. The summed E-state index contributed by atoms with van der Waals surface area (Å²) in [4.78, 5) is 12.2. The van der Waals surface area contributed by atoms with E-state index in [1.165, 1.54) is 6.33 Å². The Balaban J connectivity index is 1.71. The highest BCUT2D eigenvalue weighted by atomic mass is 19.1. The van der Waals surface area contributed by atoms with E-state index in [1.54, 1.807) is 14.0 Å². The molecule has 1 saturated heterocycles. The fraction of sp³-hybridized carbons (Fsp3) is 0.375. The van der Waals surface area contributed by atoms with Gasteiger partial charge in [0.05, 0.1) is 12.8 Å². The number of aromatic nitrogens is 2. The molecule has 6 heteroatoms. The van der Waals surface area contributed by atoms with E-state index < -0.39 is 0 Å². The van der Waals surface area contributed by atoms with Crippen molar-refractivity contribution in [2.75, 3.05) is 43.1 Å². The van der Waals surface area contributed by atoms with Gasteiger partial charge in [0.25, 0.3) is 0 Å². The van der Waals surface area contributed by atoms with E-state index in [1.807, 2.05) is 23.1 Å². The van der Waals surface area contributed by atoms with Crippen LogP contribution in [0.1, 0.15) is 5.69 Å². The lowest BCUT2D eigenvalue weighted by Gasteiger charge is -2.36. The third-order valence-electron chi connectivity index (χ3n) is 3.94. The molecule has 0 radical (unpaired) electrons. The lowest BCUT2D eigenvalue weighted by atomic mass is 10.2. The summed E-state index contributed by atoms with van der Waals surface area (Å²) >= 11 is 0. The van der Waals surface area contributed by atoms with Crippen molar-refractivity contribution >= 4 is 11.5 Å². The molecular weight excluding hydrogens is 283 g/mol. The first-order chi connectivity index (χ1) is 10.7. The summed E-state index contributed by atoms with van der Waals surface area (Å²) in [5.41, 5.74) is 1.51. The minimum atomic E-state index is -0.322. The van der Waals surface area contributed by atoms with Crippen molar-refractivity contribution in [3.8, 4) is 5.75 Å². The smallest absolute Gasteiger partial charge is 0.186 e. The molecule has 116 valence electrons. The molecule has 1 aliphatic heterocycles. The standard InChI is InChI=1S/C16H19FN4O/c1-12-15(17)16(19-11-18-12)21-8-6-20(7-9-21)13-4-3-5-14(10-13)22-2/h3-5,10-11H,6-9H2,1-2H3. The van der Waals surface area contributed by atoms with Crippen LogP contribution in [0.15, 0.2) is 30.6 Å². The number of ether oxygens (including phenoxy) is 1. The van der Waals surface area contributed by atoms with Gasteiger partial charge in [-0.15, -0.1) is 0 Å². The first kappa shape index (κ1) is 14.6. The maximum absolute atomic E-state index is 14.1. The van der Waals surface area contributed by atoms with Gasteiger partial charge in [0.1, 0.15) is 12.1 Å². The maximum Gasteiger partial charge on any atom is 0.186 e. The zero-order valence-electron chi connectivity index (χ0n) is 12.8. The second kappa shape index (κ2) is 6.17. The van der Waals surface area contributed by atoms with Crippen molar-refractivity contribution in [3.05, 3.63) is 42.1 Å². The van der Waals surface area contributed by atoms with Gasteiger partial charge < -0.3 is 14.5 Å². The summed E-state index contributed by atoms with van der Waals surface area (Å²) in [7, 11) is 1.66. The summed E-state index contributed by atoms with van der Waals surface area (Å²) in [5.74, 6) is 0.924. The lowest BCUT2D eigenvalue weighted by molar-refractivity contribution is 0.414. The molecule has 1 fully saturated rings. The van der Waals surface area contributed by atoms with Crippen LogP contribution in [0.3, 0.4) is 0 Å². The normalized spacial score (nSPS) is 15.0. The molecule has 2 heterocycles. The molecule has 0 aliphatic carbocycles. The Morgan fingerprint density at radius 1 is 1.09 bits per heavy atom. The average molecular weight is 302 g/mol. The number of methoxy groups -OCH3 is 1. The van der Waals surface area contributed by atoms with E-state index in [0.29, 0.717) is 11.5 Å². The van der Waals surface area contributed by atoms with E-state index in [-0.39, 0.29) is 5.82 Å². The zero-order valence-corrected chi connectivity index (χ0v) is 12.8. The Labute approximate surface area is 129 Å². The van der Waals surface area contributed by atoms with Crippen LogP contribution in [0.25, 0.3) is 0 Å². The Kier molecular flexibility index (Phi) is 4.09. The van der Waals surface area contributed by atoms with Crippen LogP contribution in [-0.4, -0.2) is 43.3 Å². The molecule has 0 unspecified atom stereocenters. The van der Waals surface area contributed by atoms with E-state index in [9.17, 15) is 4.39 Å². The van der Waals surface area contributed by atoms with Gasteiger partial charge in [-0.25, -0.2) is 14.4 Å². The number of anilines is 2. The van der Waals surface area contributed by atoms with Gasteiger partial charge in [-0.05, 0) is 19.1 Å². The maximum atomic E-state index is 14.1. The monoisotopic (exact) mass is 302 g/mol. The van der Waals surface area contributed by atoms with Crippen molar-refractivity contribution in [1.29, 1.82) is 0 Å². The Morgan fingerprint density at radius 2 is 1.82 bits per heavy atom. The van der Waals surface area contributed by atoms with E-state index in [2.05, 4.69) is 20.9 Å². The number of hydrogen-bond acceptors (Lipinski definition) is 5. The topological polar surface area (TPSA) is 41.5 Å².